The minimum atomic E-state index is -0.691. The van der Waals surface area contributed by atoms with Crippen molar-refractivity contribution in [1.29, 1.82) is 0 Å². The van der Waals surface area contributed by atoms with Gasteiger partial charge in [-0.25, -0.2) is 4.39 Å². The standard InChI is InChI=1S/C23H29FN2O3/c1-3-15-25-23(28)18(2)26(17-19-10-7-8-13-21(19)24)22(27)14-9-16-29-20-11-5-4-6-12-20/h4-8,10-13,18H,3,9,14-17H2,1-2H3,(H,25,28)/t18-/m1/s1. The Hall–Kier alpha value is -2.89. The molecule has 1 N–H and O–H groups in total. The van der Waals surface area contributed by atoms with Gasteiger partial charge in [-0.3, -0.25) is 9.59 Å². The molecule has 0 saturated carbocycles. The maximum absolute atomic E-state index is 14.1. The van der Waals surface area contributed by atoms with Crippen LogP contribution in [0.3, 0.4) is 0 Å². The van der Waals surface area contributed by atoms with Gasteiger partial charge < -0.3 is 15.0 Å². The van der Waals surface area contributed by atoms with Gasteiger partial charge in [0.05, 0.1) is 6.61 Å². The van der Waals surface area contributed by atoms with Gasteiger partial charge in [0.2, 0.25) is 11.8 Å². The average molecular weight is 400 g/mol. The van der Waals surface area contributed by atoms with Crippen LogP contribution in [0, 0.1) is 5.82 Å². The Bertz CT molecular complexity index is 783. The van der Waals surface area contributed by atoms with Crippen molar-refractivity contribution in [2.45, 2.75) is 45.7 Å². The molecule has 2 rings (SSSR count). The fourth-order valence-corrected chi connectivity index (χ4v) is 2.86. The molecule has 0 heterocycles. The van der Waals surface area contributed by atoms with Crippen molar-refractivity contribution in [2.24, 2.45) is 0 Å². The van der Waals surface area contributed by atoms with Gasteiger partial charge in [-0.15, -0.1) is 0 Å². The lowest BCUT2D eigenvalue weighted by Crippen LogP contribution is -2.47. The summed E-state index contributed by atoms with van der Waals surface area (Å²) in [5.41, 5.74) is 0.386. The molecule has 0 aromatic heterocycles. The molecule has 0 fully saturated rings. The summed E-state index contributed by atoms with van der Waals surface area (Å²) in [5, 5.41) is 2.81. The van der Waals surface area contributed by atoms with E-state index in [1.165, 1.54) is 11.0 Å². The third-order valence-electron chi connectivity index (χ3n) is 4.56. The van der Waals surface area contributed by atoms with Gasteiger partial charge in [0.15, 0.2) is 0 Å². The van der Waals surface area contributed by atoms with Gasteiger partial charge in [-0.2, -0.15) is 0 Å². The smallest absolute Gasteiger partial charge is 0.242 e. The van der Waals surface area contributed by atoms with E-state index in [1.54, 1.807) is 25.1 Å². The number of nitrogens with one attached hydrogen (secondary N) is 1. The molecule has 5 nitrogen and oxygen atoms in total. The number of carbonyl (C=O) groups is 2. The highest BCUT2D eigenvalue weighted by atomic mass is 19.1. The number of ether oxygens (including phenoxy) is 1. The normalized spacial score (nSPS) is 11.6. The third-order valence-corrected chi connectivity index (χ3v) is 4.56. The molecule has 29 heavy (non-hydrogen) atoms. The van der Waals surface area contributed by atoms with Crippen LogP contribution in [0.4, 0.5) is 4.39 Å². The number of para-hydroxylation sites is 1. The van der Waals surface area contributed by atoms with Gasteiger partial charge in [0, 0.05) is 25.1 Å². The third kappa shape index (κ3) is 7.22. The first-order chi connectivity index (χ1) is 14.0. The number of benzene rings is 2. The highest BCUT2D eigenvalue weighted by Crippen LogP contribution is 2.15. The number of hydrogen-bond donors (Lipinski definition) is 1. The van der Waals surface area contributed by atoms with Crippen molar-refractivity contribution >= 4 is 11.8 Å². The Morgan fingerprint density at radius 1 is 1.10 bits per heavy atom. The zero-order chi connectivity index (χ0) is 21.1. The van der Waals surface area contributed by atoms with Crippen LogP contribution in [-0.2, 0) is 16.1 Å². The van der Waals surface area contributed by atoms with Crippen LogP contribution in [-0.4, -0.2) is 35.9 Å². The first-order valence-electron chi connectivity index (χ1n) is 10.0. The molecular weight excluding hydrogens is 371 g/mol. The summed E-state index contributed by atoms with van der Waals surface area (Å²) in [6.07, 6.45) is 1.52. The minimum Gasteiger partial charge on any atom is -0.494 e. The lowest BCUT2D eigenvalue weighted by Gasteiger charge is -2.29. The van der Waals surface area contributed by atoms with Crippen LogP contribution in [0.25, 0.3) is 0 Å². The molecule has 2 aromatic rings. The number of hydrogen-bond acceptors (Lipinski definition) is 3. The molecule has 0 aliphatic rings. The molecule has 0 spiro atoms. The van der Waals surface area contributed by atoms with E-state index >= 15 is 0 Å². The predicted octanol–water partition coefficient (Wildman–Crippen LogP) is 3.93. The molecule has 2 amide bonds. The summed E-state index contributed by atoms with van der Waals surface area (Å²) in [5.74, 6) is -0.0875. The Labute approximate surface area is 171 Å². The zero-order valence-electron chi connectivity index (χ0n) is 17.1. The summed E-state index contributed by atoms with van der Waals surface area (Å²) in [7, 11) is 0. The van der Waals surface area contributed by atoms with Crippen molar-refractivity contribution in [3.8, 4) is 5.75 Å². The van der Waals surface area contributed by atoms with Crippen molar-refractivity contribution in [1.82, 2.24) is 10.2 Å². The van der Waals surface area contributed by atoms with Crippen LogP contribution >= 0.6 is 0 Å². The summed E-state index contributed by atoms with van der Waals surface area (Å²) in [4.78, 5) is 26.7. The Kier molecular flexibility index (Phi) is 9.15. The number of rotatable bonds is 11. The van der Waals surface area contributed by atoms with E-state index in [0.717, 1.165) is 12.2 Å². The predicted molar refractivity (Wildman–Crippen MR) is 111 cm³/mol. The molecule has 0 unspecified atom stereocenters. The number of carbonyl (C=O) groups excluding carboxylic acids is 2. The highest BCUT2D eigenvalue weighted by Gasteiger charge is 2.26. The van der Waals surface area contributed by atoms with Gasteiger partial charge in [0.1, 0.15) is 17.6 Å². The molecule has 0 aliphatic carbocycles. The Morgan fingerprint density at radius 3 is 2.48 bits per heavy atom. The van der Waals surface area contributed by atoms with Crippen LogP contribution in [0.15, 0.2) is 54.6 Å². The lowest BCUT2D eigenvalue weighted by atomic mass is 10.1. The molecule has 0 radical (unpaired) electrons. The van der Waals surface area contributed by atoms with Gasteiger partial charge in [0.25, 0.3) is 0 Å². The van der Waals surface area contributed by atoms with Crippen molar-refractivity contribution in [3.05, 3.63) is 66.0 Å². The zero-order valence-corrected chi connectivity index (χ0v) is 17.1. The van der Waals surface area contributed by atoms with Crippen LogP contribution < -0.4 is 10.1 Å². The summed E-state index contributed by atoms with van der Waals surface area (Å²) in [6, 6.07) is 15.0. The molecule has 2 aromatic carbocycles. The van der Waals surface area contributed by atoms with Gasteiger partial charge in [-0.1, -0.05) is 43.3 Å². The van der Waals surface area contributed by atoms with E-state index in [9.17, 15) is 14.0 Å². The van der Waals surface area contributed by atoms with E-state index in [0.29, 0.717) is 25.1 Å². The quantitative estimate of drug-likeness (QED) is 0.582. The maximum atomic E-state index is 14.1. The second-order valence-corrected chi connectivity index (χ2v) is 6.85. The average Bonchev–Trinajstić information content (AvgIpc) is 2.74. The van der Waals surface area contributed by atoms with E-state index in [4.69, 9.17) is 4.74 Å². The molecule has 156 valence electrons. The fraction of sp³-hybridized carbons (Fsp3) is 0.391. The van der Waals surface area contributed by atoms with Gasteiger partial charge in [-0.05, 0) is 38.0 Å². The minimum absolute atomic E-state index is 0.0474. The summed E-state index contributed by atoms with van der Waals surface area (Å²) >= 11 is 0. The lowest BCUT2D eigenvalue weighted by molar-refractivity contribution is -0.140. The van der Waals surface area contributed by atoms with Crippen LogP contribution in [0.2, 0.25) is 0 Å². The number of halogens is 1. The Morgan fingerprint density at radius 2 is 1.79 bits per heavy atom. The second kappa shape index (κ2) is 11.8. The van der Waals surface area contributed by atoms with E-state index in [1.807, 2.05) is 37.3 Å². The summed E-state index contributed by atoms with van der Waals surface area (Å²) in [6.45, 7) is 4.60. The largest absolute Gasteiger partial charge is 0.494 e. The number of nitrogens with zero attached hydrogens (tertiary/aromatic N) is 1. The maximum Gasteiger partial charge on any atom is 0.242 e. The highest BCUT2D eigenvalue weighted by molar-refractivity contribution is 5.87. The van der Waals surface area contributed by atoms with Crippen molar-refractivity contribution < 1.29 is 18.7 Å². The number of amides is 2. The molecule has 0 saturated heterocycles. The molecular formula is C23H29FN2O3. The van der Waals surface area contributed by atoms with Crippen LogP contribution in [0.1, 0.15) is 38.7 Å². The first kappa shape index (κ1) is 22.4. The van der Waals surface area contributed by atoms with E-state index in [-0.39, 0.29) is 30.6 Å². The molecule has 1 atom stereocenters. The second-order valence-electron chi connectivity index (χ2n) is 6.85. The van der Waals surface area contributed by atoms with Crippen molar-refractivity contribution in [2.75, 3.05) is 13.2 Å². The topological polar surface area (TPSA) is 58.6 Å². The van der Waals surface area contributed by atoms with Crippen LogP contribution in [0.5, 0.6) is 5.75 Å². The fourth-order valence-electron chi connectivity index (χ4n) is 2.86. The molecule has 6 heteroatoms. The van der Waals surface area contributed by atoms with E-state index < -0.39 is 6.04 Å². The first-order valence-corrected chi connectivity index (χ1v) is 10.0. The van der Waals surface area contributed by atoms with Crippen molar-refractivity contribution in [3.63, 3.8) is 0 Å². The molecule has 0 aliphatic heterocycles. The SMILES string of the molecule is CCCNC(=O)[C@@H](C)N(Cc1ccccc1F)C(=O)CCCOc1ccccc1. The monoisotopic (exact) mass is 400 g/mol. The van der Waals surface area contributed by atoms with E-state index in [2.05, 4.69) is 5.32 Å². The molecule has 0 bridgehead atoms. The summed E-state index contributed by atoms with van der Waals surface area (Å²) < 4.78 is 19.7. The van der Waals surface area contributed by atoms with Gasteiger partial charge >= 0.3 is 0 Å². The Balaban J connectivity index is 1.99.